The first-order chi connectivity index (χ1) is 8.11. The molecule has 0 bridgehead atoms. The van der Waals surface area contributed by atoms with Crippen molar-refractivity contribution >= 4 is 0 Å². The normalized spacial score (nSPS) is 26.4. The molecule has 0 aliphatic heterocycles. The second-order valence-corrected chi connectivity index (χ2v) is 5.54. The average Bonchev–Trinajstić information content (AvgIpc) is 2.86. The van der Waals surface area contributed by atoms with Crippen molar-refractivity contribution in [2.24, 2.45) is 24.6 Å². The van der Waals surface area contributed by atoms with Crippen LogP contribution in [0.25, 0.3) is 0 Å². The molecular weight excluding hydrogens is 210 g/mol. The molecule has 17 heavy (non-hydrogen) atoms. The highest BCUT2D eigenvalue weighted by Gasteiger charge is 2.29. The van der Waals surface area contributed by atoms with E-state index in [0.29, 0.717) is 12.0 Å². The lowest BCUT2D eigenvalue weighted by molar-refractivity contribution is 0.339. The van der Waals surface area contributed by atoms with Crippen molar-refractivity contribution in [1.82, 2.24) is 9.78 Å². The van der Waals surface area contributed by atoms with Gasteiger partial charge in [0.15, 0.2) is 0 Å². The van der Waals surface area contributed by atoms with Gasteiger partial charge in [0.25, 0.3) is 0 Å². The van der Waals surface area contributed by atoms with Crippen LogP contribution in [0.4, 0.5) is 0 Å². The molecule has 3 nitrogen and oxygen atoms in total. The van der Waals surface area contributed by atoms with Crippen molar-refractivity contribution < 1.29 is 0 Å². The number of nitrogens with zero attached hydrogens (tertiary/aromatic N) is 2. The van der Waals surface area contributed by atoms with Crippen LogP contribution in [0.15, 0.2) is 6.07 Å². The molecule has 1 fully saturated rings. The second-order valence-electron chi connectivity index (χ2n) is 5.54. The molecule has 3 heteroatoms. The van der Waals surface area contributed by atoms with E-state index in [4.69, 9.17) is 5.73 Å². The molecule has 1 saturated carbocycles. The molecule has 1 aliphatic carbocycles. The molecule has 2 N–H and O–H groups in total. The van der Waals surface area contributed by atoms with Gasteiger partial charge in [0.05, 0.1) is 5.69 Å². The molecule has 1 aliphatic rings. The van der Waals surface area contributed by atoms with Gasteiger partial charge in [-0.1, -0.05) is 26.7 Å². The first-order valence-electron chi connectivity index (χ1n) is 6.89. The summed E-state index contributed by atoms with van der Waals surface area (Å²) >= 11 is 0. The molecule has 1 heterocycles. The monoisotopic (exact) mass is 235 g/mol. The van der Waals surface area contributed by atoms with Gasteiger partial charge in [-0.25, -0.2) is 0 Å². The number of aryl methyl sites for hydroxylation is 2. The summed E-state index contributed by atoms with van der Waals surface area (Å²) in [5.41, 5.74) is 8.84. The fraction of sp³-hybridized carbons (Fsp3) is 0.786. The summed E-state index contributed by atoms with van der Waals surface area (Å²) in [6, 6.07) is 2.51. The summed E-state index contributed by atoms with van der Waals surface area (Å²) < 4.78 is 2.00. The molecular formula is C14H25N3. The number of hydrogen-bond acceptors (Lipinski definition) is 2. The Morgan fingerprint density at radius 2 is 2.29 bits per heavy atom. The van der Waals surface area contributed by atoms with Gasteiger partial charge in [0.2, 0.25) is 0 Å². The van der Waals surface area contributed by atoms with Gasteiger partial charge in [0, 0.05) is 25.2 Å². The third kappa shape index (κ3) is 2.71. The van der Waals surface area contributed by atoms with Crippen molar-refractivity contribution in [3.05, 3.63) is 17.5 Å². The van der Waals surface area contributed by atoms with Gasteiger partial charge in [-0.2, -0.15) is 5.10 Å². The Bertz CT molecular complexity index is 370. The summed E-state index contributed by atoms with van der Waals surface area (Å²) in [6.07, 6.45) is 5.98. The zero-order valence-electron chi connectivity index (χ0n) is 11.3. The number of hydrogen-bond donors (Lipinski definition) is 1. The number of nitrogens with two attached hydrogens (primary N) is 1. The van der Waals surface area contributed by atoms with Crippen molar-refractivity contribution in [3.8, 4) is 0 Å². The van der Waals surface area contributed by atoms with Gasteiger partial charge in [-0.15, -0.1) is 0 Å². The minimum atomic E-state index is 0.299. The van der Waals surface area contributed by atoms with E-state index >= 15 is 0 Å². The van der Waals surface area contributed by atoms with Gasteiger partial charge >= 0.3 is 0 Å². The summed E-state index contributed by atoms with van der Waals surface area (Å²) in [6.45, 7) is 4.49. The zero-order valence-corrected chi connectivity index (χ0v) is 11.3. The highest BCUT2D eigenvalue weighted by molar-refractivity contribution is 5.12. The summed E-state index contributed by atoms with van der Waals surface area (Å²) in [5, 5.41) is 4.49. The van der Waals surface area contributed by atoms with Crippen LogP contribution in [-0.2, 0) is 19.9 Å². The van der Waals surface area contributed by atoms with Gasteiger partial charge in [-0.05, 0) is 30.7 Å². The lowest BCUT2D eigenvalue weighted by Crippen LogP contribution is -2.34. The molecule has 0 amide bonds. The van der Waals surface area contributed by atoms with Crippen LogP contribution in [0, 0.1) is 11.8 Å². The van der Waals surface area contributed by atoms with Crippen LogP contribution in [0.3, 0.4) is 0 Å². The quantitative estimate of drug-likeness (QED) is 0.870. The number of rotatable bonds is 4. The maximum atomic E-state index is 6.38. The van der Waals surface area contributed by atoms with Gasteiger partial charge < -0.3 is 5.73 Å². The van der Waals surface area contributed by atoms with Crippen molar-refractivity contribution in [2.45, 2.75) is 52.0 Å². The van der Waals surface area contributed by atoms with Crippen LogP contribution >= 0.6 is 0 Å². The fourth-order valence-electron chi connectivity index (χ4n) is 3.14. The van der Waals surface area contributed by atoms with Crippen LogP contribution in [-0.4, -0.2) is 15.8 Å². The van der Waals surface area contributed by atoms with E-state index in [1.807, 2.05) is 11.7 Å². The third-order valence-electron chi connectivity index (χ3n) is 4.31. The molecule has 96 valence electrons. The predicted octanol–water partition coefficient (Wildman–Crippen LogP) is 2.29. The van der Waals surface area contributed by atoms with Crippen LogP contribution in [0.2, 0.25) is 0 Å². The maximum Gasteiger partial charge on any atom is 0.0624 e. The average molecular weight is 235 g/mol. The van der Waals surface area contributed by atoms with Crippen molar-refractivity contribution in [1.29, 1.82) is 0 Å². The summed E-state index contributed by atoms with van der Waals surface area (Å²) in [4.78, 5) is 0. The SMILES string of the molecule is CCc1cc(CC(N)C2CCCC2C)n(C)n1. The zero-order chi connectivity index (χ0) is 12.4. The molecule has 3 unspecified atom stereocenters. The molecule has 0 saturated heterocycles. The highest BCUT2D eigenvalue weighted by atomic mass is 15.3. The summed E-state index contributed by atoms with van der Waals surface area (Å²) in [7, 11) is 2.03. The number of aromatic nitrogens is 2. The van der Waals surface area contributed by atoms with Crippen LogP contribution in [0.5, 0.6) is 0 Å². The Hall–Kier alpha value is -0.830. The molecule has 1 aromatic rings. The molecule has 0 radical (unpaired) electrons. The van der Waals surface area contributed by atoms with E-state index in [2.05, 4.69) is 25.0 Å². The van der Waals surface area contributed by atoms with E-state index in [1.54, 1.807) is 0 Å². The van der Waals surface area contributed by atoms with Crippen LogP contribution < -0.4 is 5.73 Å². The third-order valence-corrected chi connectivity index (χ3v) is 4.31. The van der Waals surface area contributed by atoms with Gasteiger partial charge in [0.1, 0.15) is 0 Å². The Labute approximate surface area is 104 Å². The minimum absolute atomic E-state index is 0.299. The minimum Gasteiger partial charge on any atom is -0.327 e. The smallest absolute Gasteiger partial charge is 0.0624 e. The van der Waals surface area contributed by atoms with E-state index in [1.165, 1.54) is 30.7 Å². The lowest BCUT2D eigenvalue weighted by atomic mass is 9.88. The Kier molecular flexibility index (Phi) is 3.87. The molecule has 1 aromatic heterocycles. The Morgan fingerprint density at radius 1 is 1.53 bits per heavy atom. The Balaban J connectivity index is 2.01. The standard InChI is InChI=1S/C14H25N3/c1-4-11-8-12(17(3)16-11)9-14(15)13-7-5-6-10(13)2/h8,10,13-14H,4-7,9,15H2,1-3H3. The van der Waals surface area contributed by atoms with Gasteiger partial charge in [-0.3, -0.25) is 4.68 Å². The largest absolute Gasteiger partial charge is 0.327 e. The topological polar surface area (TPSA) is 43.8 Å². The fourth-order valence-corrected chi connectivity index (χ4v) is 3.14. The van der Waals surface area contributed by atoms with E-state index in [9.17, 15) is 0 Å². The van der Waals surface area contributed by atoms with E-state index in [0.717, 1.165) is 18.8 Å². The van der Waals surface area contributed by atoms with E-state index in [-0.39, 0.29) is 0 Å². The second kappa shape index (κ2) is 5.21. The predicted molar refractivity (Wildman–Crippen MR) is 70.8 cm³/mol. The van der Waals surface area contributed by atoms with Crippen molar-refractivity contribution in [2.75, 3.05) is 0 Å². The molecule has 2 rings (SSSR count). The van der Waals surface area contributed by atoms with Crippen molar-refractivity contribution in [3.63, 3.8) is 0 Å². The maximum absolute atomic E-state index is 6.38. The molecule has 0 spiro atoms. The summed E-state index contributed by atoms with van der Waals surface area (Å²) in [5.74, 6) is 1.50. The molecule has 3 atom stereocenters. The molecule has 0 aromatic carbocycles. The van der Waals surface area contributed by atoms with Crippen LogP contribution in [0.1, 0.15) is 44.5 Å². The lowest BCUT2D eigenvalue weighted by Gasteiger charge is -2.23. The van der Waals surface area contributed by atoms with E-state index < -0.39 is 0 Å². The Morgan fingerprint density at radius 3 is 2.82 bits per heavy atom. The first kappa shape index (κ1) is 12.6. The highest BCUT2D eigenvalue weighted by Crippen LogP contribution is 2.33. The first-order valence-corrected chi connectivity index (χ1v) is 6.89.